The zero-order chi connectivity index (χ0) is 22.6. The second-order valence-electron chi connectivity index (χ2n) is 8.07. The topological polar surface area (TPSA) is 76.1 Å². The summed E-state index contributed by atoms with van der Waals surface area (Å²) >= 11 is 0. The van der Waals surface area contributed by atoms with Crippen molar-refractivity contribution >= 4 is 12.1 Å². The van der Waals surface area contributed by atoms with Crippen LogP contribution in [0.5, 0.6) is 5.75 Å². The predicted molar refractivity (Wildman–Crippen MR) is 109 cm³/mol. The average Bonchev–Trinajstić information content (AvgIpc) is 2.73. The minimum Gasteiger partial charge on any atom is -0.478 e. The molecule has 1 unspecified atom stereocenters. The van der Waals surface area contributed by atoms with Crippen LogP contribution in [0.1, 0.15) is 43.7 Å². The molecule has 1 N–H and O–H groups in total. The van der Waals surface area contributed by atoms with Crippen LogP contribution < -0.4 is 4.74 Å². The number of benzene rings is 2. The van der Waals surface area contributed by atoms with Gasteiger partial charge in [0.15, 0.2) is 5.60 Å². The van der Waals surface area contributed by atoms with E-state index in [1.807, 2.05) is 6.07 Å². The number of piperidine rings is 1. The summed E-state index contributed by atoms with van der Waals surface area (Å²) in [6, 6.07) is 10.3. The van der Waals surface area contributed by atoms with E-state index >= 15 is 0 Å². The molecule has 1 fully saturated rings. The van der Waals surface area contributed by atoms with Gasteiger partial charge in [-0.2, -0.15) is 0 Å². The first-order valence-corrected chi connectivity index (χ1v) is 10.0. The van der Waals surface area contributed by atoms with Crippen molar-refractivity contribution < 1.29 is 33.0 Å². The van der Waals surface area contributed by atoms with Gasteiger partial charge in [0.2, 0.25) is 0 Å². The van der Waals surface area contributed by atoms with Gasteiger partial charge >= 0.3 is 12.1 Å². The van der Waals surface area contributed by atoms with Crippen LogP contribution in [0.2, 0.25) is 0 Å². The summed E-state index contributed by atoms with van der Waals surface area (Å²) in [5.74, 6) is -2.05. The number of amides is 1. The first kappa shape index (κ1) is 22.5. The van der Waals surface area contributed by atoms with Crippen LogP contribution in [0.25, 0.3) is 0 Å². The molecule has 0 aromatic heterocycles. The molecule has 0 spiro atoms. The normalized spacial score (nSPS) is 16.6. The molecule has 1 aliphatic heterocycles. The molecule has 3 rings (SSSR count). The smallest absolute Gasteiger partial charge is 0.410 e. The molecule has 2 aromatic rings. The molecule has 0 bridgehead atoms. The molecule has 2 aromatic carbocycles. The van der Waals surface area contributed by atoms with Crippen molar-refractivity contribution in [3.8, 4) is 5.75 Å². The summed E-state index contributed by atoms with van der Waals surface area (Å²) < 4.78 is 37.6. The third-order valence-electron chi connectivity index (χ3n) is 5.26. The van der Waals surface area contributed by atoms with E-state index in [4.69, 9.17) is 9.47 Å². The first-order chi connectivity index (χ1) is 14.7. The minimum absolute atomic E-state index is 0.0281. The number of ether oxygens (including phenoxy) is 2. The van der Waals surface area contributed by atoms with Crippen LogP contribution >= 0.6 is 0 Å². The molecule has 0 aliphatic carbocycles. The van der Waals surface area contributed by atoms with Gasteiger partial charge < -0.3 is 19.5 Å². The fraction of sp³-hybridized carbons (Fsp3) is 0.391. The maximum absolute atomic E-state index is 13.7. The van der Waals surface area contributed by atoms with Crippen LogP contribution in [0.4, 0.5) is 13.6 Å². The number of hydrogen-bond donors (Lipinski definition) is 1. The number of rotatable bonds is 6. The maximum atomic E-state index is 13.7. The summed E-state index contributed by atoms with van der Waals surface area (Å²) in [5.41, 5.74) is -0.327. The molecule has 1 amide bonds. The fourth-order valence-electron chi connectivity index (χ4n) is 3.45. The van der Waals surface area contributed by atoms with Gasteiger partial charge in [-0.3, -0.25) is 0 Å². The predicted octanol–water partition coefficient (Wildman–Crippen LogP) is 4.72. The highest BCUT2D eigenvalue weighted by Gasteiger charge is 2.30. The standard InChI is InChI=1S/C23H25F2NO5/c1-23(2,21(27)28)31-19-7-3-5-15(11-19)16-6-4-10-26(13-16)22(29)30-14-17-8-9-18(24)12-20(17)25/h3,5,7-9,11-12,16H,4,6,10,13-14H2,1-2H3,(H,27,28). The van der Waals surface area contributed by atoms with Gasteiger partial charge in [-0.1, -0.05) is 12.1 Å². The molecule has 1 atom stereocenters. The van der Waals surface area contributed by atoms with Crippen molar-refractivity contribution in [3.63, 3.8) is 0 Å². The molecule has 0 saturated carbocycles. The Morgan fingerprint density at radius 1 is 1.19 bits per heavy atom. The van der Waals surface area contributed by atoms with Gasteiger partial charge in [0, 0.05) is 30.6 Å². The van der Waals surface area contributed by atoms with E-state index in [-0.39, 0.29) is 18.1 Å². The highest BCUT2D eigenvalue weighted by Crippen LogP contribution is 2.30. The third-order valence-corrected chi connectivity index (χ3v) is 5.26. The van der Waals surface area contributed by atoms with Crippen LogP contribution in [0.3, 0.4) is 0 Å². The van der Waals surface area contributed by atoms with Crippen molar-refractivity contribution in [1.82, 2.24) is 4.90 Å². The zero-order valence-corrected chi connectivity index (χ0v) is 17.4. The Hall–Kier alpha value is -3.16. The van der Waals surface area contributed by atoms with Gasteiger partial charge in [-0.05, 0) is 56.5 Å². The van der Waals surface area contributed by atoms with E-state index in [0.29, 0.717) is 18.8 Å². The lowest BCUT2D eigenvalue weighted by molar-refractivity contribution is -0.152. The van der Waals surface area contributed by atoms with Gasteiger partial charge in [0.25, 0.3) is 0 Å². The Morgan fingerprint density at radius 3 is 2.68 bits per heavy atom. The molecule has 6 nitrogen and oxygen atoms in total. The maximum Gasteiger partial charge on any atom is 0.410 e. The van der Waals surface area contributed by atoms with Gasteiger partial charge in [0.05, 0.1) is 0 Å². The van der Waals surface area contributed by atoms with Crippen molar-refractivity contribution in [1.29, 1.82) is 0 Å². The highest BCUT2D eigenvalue weighted by molar-refractivity contribution is 5.76. The second-order valence-corrected chi connectivity index (χ2v) is 8.07. The lowest BCUT2D eigenvalue weighted by atomic mass is 9.90. The Morgan fingerprint density at radius 2 is 1.97 bits per heavy atom. The summed E-state index contributed by atoms with van der Waals surface area (Å²) in [7, 11) is 0. The molecule has 166 valence electrons. The number of carboxylic acids is 1. The lowest BCUT2D eigenvalue weighted by Crippen LogP contribution is -2.39. The lowest BCUT2D eigenvalue weighted by Gasteiger charge is -2.32. The minimum atomic E-state index is -1.36. The molecule has 1 saturated heterocycles. The van der Waals surface area contributed by atoms with E-state index in [9.17, 15) is 23.5 Å². The summed E-state index contributed by atoms with van der Waals surface area (Å²) in [6.07, 6.45) is 1.05. The Labute approximate surface area is 179 Å². The molecule has 0 radical (unpaired) electrons. The number of carboxylic acid groups (broad SMARTS) is 1. The van der Waals surface area contributed by atoms with E-state index in [0.717, 1.165) is 30.5 Å². The highest BCUT2D eigenvalue weighted by atomic mass is 19.1. The molecular formula is C23H25F2NO5. The summed E-state index contributed by atoms with van der Waals surface area (Å²) in [6.45, 7) is 3.61. The average molecular weight is 433 g/mol. The van der Waals surface area contributed by atoms with Crippen LogP contribution in [0.15, 0.2) is 42.5 Å². The van der Waals surface area contributed by atoms with Crippen LogP contribution in [0, 0.1) is 11.6 Å². The largest absolute Gasteiger partial charge is 0.478 e. The van der Waals surface area contributed by atoms with E-state index in [1.54, 1.807) is 23.1 Å². The fourth-order valence-corrected chi connectivity index (χ4v) is 3.45. The molecule has 31 heavy (non-hydrogen) atoms. The quantitative estimate of drug-likeness (QED) is 0.713. The SMILES string of the molecule is CC(C)(Oc1cccc(C2CCCN(C(=O)OCc3ccc(F)cc3F)C2)c1)C(=O)O. The Kier molecular flexibility index (Phi) is 6.77. The van der Waals surface area contributed by atoms with Gasteiger partial charge in [0.1, 0.15) is 24.0 Å². The van der Waals surface area contributed by atoms with Crippen molar-refractivity contribution in [3.05, 3.63) is 65.2 Å². The number of hydrogen-bond acceptors (Lipinski definition) is 4. The number of halogens is 2. The Balaban J connectivity index is 1.63. The number of carbonyl (C=O) groups excluding carboxylic acids is 1. The van der Waals surface area contributed by atoms with E-state index < -0.39 is 29.3 Å². The summed E-state index contributed by atoms with van der Waals surface area (Å²) in [4.78, 5) is 25.3. The number of nitrogens with zero attached hydrogens (tertiary/aromatic N) is 1. The molecule has 1 aliphatic rings. The number of aliphatic carboxylic acids is 1. The van der Waals surface area contributed by atoms with Gasteiger partial charge in [-0.25, -0.2) is 18.4 Å². The molecular weight excluding hydrogens is 408 g/mol. The van der Waals surface area contributed by atoms with Crippen LogP contribution in [-0.4, -0.2) is 40.8 Å². The number of carbonyl (C=O) groups is 2. The van der Waals surface area contributed by atoms with Gasteiger partial charge in [-0.15, -0.1) is 0 Å². The number of likely N-dealkylation sites (tertiary alicyclic amines) is 1. The molecule has 1 heterocycles. The zero-order valence-electron chi connectivity index (χ0n) is 17.4. The second kappa shape index (κ2) is 9.32. The Bertz CT molecular complexity index is 963. The first-order valence-electron chi connectivity index (χ1n) is 10.0. The van der Waals surface area contributed by atoms with Crippen molar-refractivity contribution in [2.24, 2.45) is 0 Å². The summed E-state index contributed by atoms with van der Waals surface area (Å²) in [5, 5.41) is 9.25. The van der Waals surface area contributed by atoms with E-state index in [1.165, 1.54) is 19.9 Å². The third kappa shape index (κ3) is 5.71. The van der Waals surface area contributed by atoms with Crippen molar-refractivity contribution in [2.75, 3.05) is 13.1 Å². The van der Waals surface area contributed by atoms with Crippen LogP contribution in [-0.2, 0) is 16.1 Å². The van der Waals surface area contributed by atoms with Crippen molar-refractivity contribution in [2.45, 2.75) is 44.8 Å². The monoisotopic (exact) mass is 433 g/mol. The van der Waals surface area contributed by atoms with E-state index in [2.05, 4.69) is 0 Å². The molecule has 8 heteroatoms.